The van der Waals surface area contributed by atoms with E-state index >= 15 is 0 Å². The third kappa shape index (κ3) is 1.14. The molecule has 0 heterocycles. The van der Waals surface area contributed by atoms with Gasteiger partial charge in [-0.1, -0.05) is 15.9 Å². The van der Waals surface area contributed by atoms with Crippen LogP contribution >= 0.6 is 15.9 Å². The third-order valence-electron chi connectivity index (χ3n) is 2.19. The number of hydrogen-bond donors (Lipinski definition) is 0. The topological polar surface area (TPSA) is 51.2 Å². The summed E-state index contributed by atoms with van der Waals surface area (Å²) in [5.41, 5.74) is 0.901. The van der Waals surface area contributed by atoms with Crippen molar-refractivity contribution in [3.8, 4) is 0 Å². The first kappa shape index (κ1) is 9.27. The van der Waals surface area contributed by atoms with Crippen LogP contribution in [0.4, 0.5) is 0 Å². The van der Waals surface area contributed by atoms with Crippen LogP contribution in [0.3, 0.4) is 0 Å². The van der Waals surface area contributed by atoms with Gasteiger partial charge in [-0.15, -0.1) is 0 Å². The fourth-order valence-electron chi connectivity index (χ4n) is 1.59. The average Bonchev–Trinajstić information content (AvgIpc) is 2.44. The van der Waals surface area contributed by atoms with Gasteiger partial charge in [0, 0.05) is 21.2 Å². The molecular weight excluding hydrogens is 248 g/mol. The number of carbonyl (C=O) groups is 3. The zero-order valence-corrected chi connectivity index (χ0v) is 8.63. The molecule has 3 nitrogen and oxygen atoms in total. The molecule has 1 aromatic rings. The Morgan fingerprint density at radius 1 is 1.14 bits per heavy atom. The van der Waals surface area contributed by atoms with Crippen molar-refractivity contribution in [2.24, 2.45) is 0 Å². The predicted molar refractivity (Wildman–Crippen MR) is 52.8 cm³/mol. The molecule has 0 saturated carbocycles. The first-order valence-electron chi connectivity index (χ1n) is 3.99. The second-order valence-electron chi connectivity index (χ2n) is 3.03. The number of benzene rings is 1. The Bertz CT molecular complexity index is 463. The Labute approximate surface area is 88.2 Å². The van der Waals surface area contributed by atoms with Gasteiger partial charge in [0.2, 0.25) is 0 Å². The maximum Gasteiger partial charge on any atom is 0.172 e. The van der Waals surface area contributed by atoms with Crippen molar-refractivity contribution in [1.82, 2.24) is 0 Å². The highest BCUT2D eigenvalue weighted by Gasteiger charge is 2.31. The first-order valence-corrected chi connectivity index (χ1v) is 4.78. The highest BCUT2D eigenvalue weighted by Crippen LogP contribution is 2.30. The summed E-state index contributed by atoms with van der Waals surface area (Å²) in [5, 5.41) is 0. The highest BCUT2D eigenvalue weighted by molar-refractivity contribution is 9.10. The van der Waals surface area contributed by atoms with Crippen molar-refractivity contribution in [3.05, 3.63) is 33.3 Å². The lowest BCUT2D eigenvalue weighted by Crippen LogP contribution is -1.98. The zero-order valence-electron chi connectivity index (χ0n) is 7.04. The lowest BCUT2D eigenvalue weighted by molar-refractivity contribution is 0.0920. The van der Waals surface area contributed by atoms with Crippen LogP contribution in [0.15, 0.2) is 16.6 Å². The SMILES string of the molecule is O=Cc1ccc(Br)c2c1C(=O)CC2=O. The minimum atomic E-state index is -0.270. The number of Topliss-reactive ketones (excluding diaryl/α,β-unsaturated/α-hetero) is 2. The number of carbonyl (C=O) groups excluding carboxylic acids is 3. The Balaban J connectivity index is 2.82. The summed E-state index contributed by atoms with van der Waals surface area (Å²) in [7, 11) is 0. The van der Waals surface area contributed by atoms with Crippen molar-refractivity contribution in [3.63, 3.8) is 0 Å². The zero-order chi connectivity index (χ0) is 10.3. The van der Waals surface area contributed by atoms with Crippen LogP contribution in [0.5, 0.6) is 0 Å². The Morgan fingerprint density at radius 3 is 2.43 bits per heavy atom. The van der Waals surface area contributed by atoms with E-state index in [0.717, 1.165) is 0 Å². The van der Waals surface area contributed by atoms with Crippen LogP contribution < -0.4 is 0 Å². The van der Waals surface area contributed by atoms with E-state index in [1.807, 2.05) is 0 Å². The Kier molecular flexibility index (Phi) is 2.07. The van der Waals surface area contributed by atoms with Gasteiger partial charge < -0.3 is 0 Å². The van der Waals surface area contributed by atoms with Gasteiger partial charge in [-0.2, -0.15) is 0 Å². The number of aldehydes is 1. The Morgan fingerprint density at radius 2 is 1.79 bits per heavy atom. The van der Waals surface area contributed by atoms with E-state index in [9.17, 15) is 14.4 Å². The summed E-state index contributed by atoms with van der Waals surface area (Å²) in [6, 6.07) is 3.14. The van der Waals surface area contributed by atoms with Gasteiger partial charge >= 0.3 is 0 Å². The van der Waals surface area contributed by atoms with E-state index in [0.29, 0.717) is 21.9 Å². The molecule has 0 aromatic heterocycles. The molecule has 2 rings (SSSR count). The number of hydrogen-bond acceptors (Lipinski definition) is 3. The summed E-state index contributed by atoms with van der Waals surface area (Å²) < 4.78 is 0.578. The van der Waals surface area contributed by atoms with Gasteiger partial charge in [0.25, 0.3) is 0 Å². The Hall–Kier alpha value is -1.29. The van der Waals surface area contributed by atoms with Crippen molar-refractivity contribution in [2.45, 2.75) is 6.42 Å². The number of fused-ring (bicyclic) bond motifs is 1. The fraction of sp³-hybridized carbons (Fsp3) is 0.100. The standard InChI is InChI=1S/C10H5BrO3/c11-6-2-1-5(4-12)9-7(13)3-8(14)10(6)9/h1-2,4H,3H2. The second-order valence-corrected chi connectivity index (χ2v) is 3.88. The van der Waals surface area contributed by atoms with E-state index in [4.69, 9.17) is 0 Å². The van der Waals surface area contributed by atoms with Crippen LogP contribution in [-0.4, -0.2) is 17.9 Å². The molecule has 0 amide bonds. The molecule has 4 heteroatoms. The smallest absolute Gasteiger partial charge is 0.172 e. The van der Waals surface area contributed by atoms with Gasteiger partial charge in [-0.3, -0.25) is 14.4 Å². The second kappa shape index (κ2) is 3.13. The van der Waals surface area contributed by atoms with Gasteiger partial charge in [-0.25, -0.2) is 0 Å². The van der Waals surface area contributed by atoms with Crippen molar-refractivity contribution < 1.29 is 14.4 Å². The van der Waals surface area contributed by atoms with Crippen LogP contribution in [-0.2, 0) is 0 Å². The summed E-state index contributed by atoms with van der Waals surface area (Å²) in [4.78, 5) is 33.5. The molecule has 0 unspecified atom stereocenters. The van der Waals surface area contributed by atoms with E-state index in [2.05, 4.69) is 15.9 Å². The highest BCUT2D eigenvalue weighted by atomic mass is 79.9. The summed E-state index contributed by atoms with van der Waals surface area (Å²) >= 11 is 3.19. The maximum absolute atomic E-state index is 11.4. The van der Waals surface area contributed by atoms with Crippen molar-refractivity contribution >= 4 is 33.8 Å². The van der Waals surface area contributed by atoms with Crippen LogP contribution in [0.2, 0.25) is 0 Å². The molecule has 1 aromatic carbocycles. The molecular formula is C10H5BrO3. The molecule has 0 radical (unpaired) electrons. The van der Waals surface area contributed by atoms with Crippen molar-refractivity contribution in [2.75, 3.05) is 0 Å². The molecule has 0 atom stereocenters. The molecule has 0 aliphatic heterocycles. The molecule has 0 N–H and O–H groups in total. The quantitative estimate of drug-likeness (QED) is 0.568. The van der Waals surface area contributed by atoms with E-state index in [-0.39, 0.29) is 23.6 Å². The summed E-state index contributed by atoms with van der Waals surface area (Å²) in [5.74, 6) is -0.492. The number of halogens is 1. The number of ketones is 2. The lowest BCUT2D eigenvalue weighted by Gasteiger charge is -2.01. The number of rotatable bonds is 1. The maximum atomic E-state index is 11.4. The molecule has 1 aliphatic carbocycles. The molecule has 14 heavy (non-hydrogen) atoms. The fourth-order valence-corrected chi connectivity index (χ4v) is 2.14. The molecule has 1 aliphatic rings. The largest absolute Gasteiger partial charge is 0.298 e. The van der Waals surface area contributed by atoms with Gasteiger partial charge in [0.15, 0.2) is 17.9 Å². The summed E-state index contributed by atoms with van der Waals surface area (Å²) in [6.45, 7) is 0. The normalized spacial score (nSPS) is 14.4. The van der Waals surface area contributed by atoms with Crippen molar-refractivity contribution in [1.29, 1.82) is 0 Å². The molecule has 0 saturated heterocycles. The van der Waals surface area contributed by atoms with Gasteiger partial charge in [-0.05, 0) is 12.1 Å². The van der Waals surface area contributed by atoms with Crippen LogP contribution in [0, 0.1) is 0 Å². The van der Waals surface area contributed by atoms with E-state index in [1.54, 1.807) is 6.07 Å². The predicted octanol–water partition coefficient (Wildman–Crippen LogP) is 2.03. The van der Waals surface area contributed by atoms with Gasteiger partial charge in [0.05, 0.1) is 6.42 Å². The molecule has 0 bridgehead atoms. The summed E-state index contributed by atoms with van der Waals surface area (Å²) in [6.07, 6.45) is 0.473. The van der Waals surface area contributed by atoms with Crippen LogP contribution in [0.1, 0.15) is 37.5 Å². The third-order valence-corrected chi connectivity index (χ3v) is 2.85. The van der Waals surface area contributed by atoms with Crippen LogP contribution in [0.25, 0.3) is 0 Å². The van der Waals surface area contributed by atoms with E-state index in [1.165, 1.54) is 6.07 Å². The minimum Gasteiger partial charge on any atom is -0.298 e. The van der Waals surface area contributed by atoms with Gasteiger partial charge in [0.1, 0.15) is 0 Å². The molecule has 0 fully saturated rings. The minimum absolute atomic E-state index is 0.126. The first-order chi connectivity index (χ1) is 6.65. The average molecular weight is 253 g/mol. The lowest BCUT2D eigenvalue weighted by atomic mass is 10.0. The monoisotopic (exact) mass is 252 g/mol. The molecule has 0 spiro atoms. The molecule has 70 valence electrons. The van der Waals surface area contributed by atoms with E-state index < -0.39 is 0 Å².